The number of hydrogen-bond acceptors (Lipinski definition) is 3. The standard InChI is InChI=1S/C17H21FN4O/c1-12-13(2)22(11-20-12)15-5-3-14(4-6-15)21-16(23)17(18)7-9-19-10-8-17/h3-6,11,19H,7-10H2,1-2H3,(H,21,23). The number of alkyl halides is 1. The first kappa shape index (κ1) is 15.7. The third-order valence-electron chi connectivity index (χ3n) is 4.46. The molecule has 1 aromatic carbocycles. The summed E-state index contributed by atoms with van der Waals surface area (Å²) in [6.07, 6.45) is 2.19. The van der Waals surface area contributed by atoms with Gasteiger partial charge in [0, 0.05) is 29.9 Å². The Bertz CT molecular complexity index is 702. The van der Waals surface area contributed by atoms with E-state index >= 15 is 0 Å². The first-order valence-corrected chi connectivity index (χ1v) is 7.82. The monoisotopic (exact) mass is 316 g/mol. The van der Waals surface area contributed by atoms with Crippen LogP contribution < -0.4 is 10.6 Å². The number of benzene rings is 1. The van der Waals surface area contributed by atoms with Gasteiger partial charge in [-0.1, -0.05) is 0 Å². The fraction of sp³-hybridized carbons (Fsp3) is 0.412. The van der Waals surface area contributed by atoms with Gasteiger partial charge in [0.2, 0.25) is 0 Å². The van der Waals surface area contributed by atoms with Gasteiger partial charge in [0.1, 0.15) is 0 Å². The number of aromatic nitrogens is 2. The number of imidazole rings is 1. The van der Waals surface area contributed by atoms with E-state index in [1.54, 1.807) is 18.5 Å². The molecule has 1 aromatic heterocycles. The SMILES string of the molecule is Cc1ncn(-c2ccc(NC(=O)C3(F)CCNCC3)cc2)c1C. The molecule has 2 aromatic rings. The minimum absolute atomic E-state index is 0.213. The molecule has 0 radical (unpaired) electrons. The Morgan fingerprint density at radius 1 is 1.26 bits per heavy atom. The molecule has 23 heavy (non-hydrogen) atoms. The fourth-order valence-electron chi connectivity index (χ4n) is 2.76. The van der Waals surface area contributed by atoms with E-state index in [-0.39, 0.29) is 12.8 Å². The summed E-state index contributed by atoms with van der Waals surface area (Å²) in [5.74, 6) is -0.554. The second-order valence-electron chi connectivity index (χ2n) is 6.00. The first-order chi connectivity index (χ1) is 11.0. The average Bonchev–Trinajstić information content (AvgIpc) is 2.88. The number of aryl methyl sites for hydroxylation is 1. The van der Waals surface area contributed by atoms with E-state index in [4.69, 9.17) is 0 Å². The Labute approximate surface area is 134 Å². The van der Waals surface area contributed by atoms with Gasteiger partial charge in [-0.3, -0.25) is 4.79 Å². The van der Waals surface area contributed by atoms with Crippen molar-refractivity contribution in [2.75, 3.05) is 18.4 Å². The molecule has 1 fully saturated rings. The third-order valence-corrected chi connectivity index (χ3v) is 4.46. The molecule has 0 saturated carbocycles. The van der Waals surface area contributed by atoms with Crippen molar-refractivity contribution in [3.05, 3.63) is 42.0 Å². The number of rotatable bonds is 3. The second kappa shape index (κ2) is 6.12. The van der Waals surface area contributed by atoms with E-state index in [2.05, 4.69) is 15.6 Å². The van der Waals surface area contributed by atoms with Crippen LogP contribution in [0.4, 0.5) is 10.1 Å². The van der Waals surface area contributed by atoms with Crippen LogP contribution in [0.15, 0.2) is 30.6 Å². The van der Waals surface area contributed by atoms with Crippen molar-refractivity contribution in [3.63, 3.8) is 0 Å². The summed E-state index contributed by atoms with van der Waals surface area (Å²) < 4.78 is 16.6. The van der Waals surface area contributed by atoms with E-state index in [0.717, 1.165) is 17.1 Å². The highest BCUT2D eigenvalue weighted by Crippen LogP contribution is 2.25. The molecule has 1 amide bonds. The Hall–Kier alpha value is -2.21. The summed E-state index contributed by atoms with van der Waals surface area (Å²) in [5, 5.41) is 5.75. The summed E-state index contributed by atoms with van der Waals surface area (Å²) in [4.78, 5) is 16.4. The van der Waals surface area contributed by atoms with Crippen LogP contribution in [0, 0.1) is 13.8 Å². The van der Waals surface area contributed by atoms with Gasteiger partial charge in [-0.2, -0.15) is 0 Å². The van der Waals surface area contributed by atoms with E-state index < -0.39 is 11.6 Å². The van der Waals surface area contributed by atoms with Gasteiger partial charge in [-0.25, -0.2) is 9.37 Å². The highest BCUT2D eigenvalue weighted by Gasteiger charge is 2.39. The molecular formula is C17H21FN4O. The van der Waals surface area contributed by atoms with Crippen LogP contribution >= 0.6 is 0 Å². The lowest BCUT2D eigenvalue weighted by Gasteiger charge is -2.28. The molecule has 3 rings (SSSR count). The van der Waals surface area contributed by atoms with Gasteiger partial charge in [-0.05, 0) is 51.2 Å². The van der Waals surface area contributed by atoms with Crippen LogP contribution in [0.1, 0.15) is 24.2 Å². The molecular weight excluding hydrogens is 295 g/mol. The molecule has 1 aliphatic rings. The molecule has 0 unspecified atom stereocenters. The zero-order valence-electron chi connectivity index (χ0n) is 13.4. The number of carbonyl (C=O) groups excluding carboxylic acids is 1. The van der Waals surface area contributed by atoms with E-state index in [0.29, 0.717) is 18.8 Å². The Kier molecular flexibility index (Phi) is 4.17. The number of nitrogens with one attached hydrogen (secondary N) is 2. The molecule has 0 atom stereocenters. The van der Waals surface area contributed by atoms with Crippen molar-refractivity contribution < 1.29 is 9.18 Å². The highest BCUT2D eigenvalue weighted by atomic mass is 19.1. The maximum atomic E-state index is 14.6. The number of halogens is 1. The van der Waals surface area contributed by atoms with Gasteiger partial charge >= 0.3 is 0 Å². The summed E-state index contributed by atoms with van der Waals surface area (Å²) in [6.45, 7) is 5.02. The van der Waals surface area contributed by atoms with Gasteiger partial charge in [0.25, 0.3) is 5.91 Å². The highest BCUT2D eigenvalue weighted by molar-refractivity contribution is 5.97. The van der Waals surface area contributed by atoms with Crippen molar-refractivity contribution in [3.8, 4) is 5.69 Å². The number of piperidine rings is 1. The van der Waals surface area contributed by atoms with Gasteiger partial charge < -0.3 is 15.2 Å². The molecule has 0 spiro atoms. The van der Waals surface area contributed by atoms with Crippen LogP contribution in [0.25, 0.3) is 5.69 Å². The number of hydrogen-bond donors (Lipinski definition) is 2. The molecule has 2 N–H and O–H groups in total. The Balaban J connectivity index is 1.72. The van der Waals surface area contributed by atoms with Crippen LogP contribution in [0.3, 0.4) is 0 Å². The van der Waals surface area contributed by atoms with Crippen molar-refractivity contribution >= 4 is 11.6 Å². The molecule has 6 heteroatoms. The predicted molar refractivity (Wildman–Crippen MR) is 87.6 cm³/mol. The zero-order chi connectivity index (χ0) is 16.4. The van der Waals surface area contributed by atoms with E-state index in [9.17, 15) is 9.18 Å². The number of anilines is 1. The maximum absolute atomic E-state index is 14.6. The minimum Gasteiger partial charge on any atom is -0.323 e. The lowest BCUT2D eigenvalue weighted by atomic mass is 9.93. The normalized spacial score (nSPS) is 17.0. The smallest absolute Gasteiger partial charge is 0.262 e. The minimum atomic E-state index is -1.78. The molecule has 0 bridgehead atoms. The quantitative estimate of drug-likeness (QED) is 0.915. The second-order valence-corrected chi connectivity index (χ2v) is 6.00. The van der Waals surface area contributed by atoms with Crippen LogP contribution in [-0.4, -0.2) is 34.2 Å². The average molecular weight is 316 g/mol. The van der Waals surface area contributed by atoms with Crippen LogP contribution in [0.2, 0.25) is 0 Å². The summed E-state index contributed by atoms with van der Waals surface area (Å²) in [7, 11) is 0. The summed E-state index contributed by atoms with van der Waals surface area (Å²) in [6, 6.07) is 7.34. The van der Waals surface area contributed by atoms with Crippen LogP contribution in [-0.2, 0) is 4.79 Å². The summed E-state index contributed by atoms with van der Waals surface area (Å²) in [5.41, 5.74) is 1.83. The predicted octanol–water partition coefficient (Wildman–Crippen LogP) is 2.52. The number of amides is 1. The van der Waals surface area contributed by atoms with Crippen molar-refractivity contribution in [2.45, 2.75) is 32.4 Å². The van der Waals surface area contributed by atoms with Crippen molar-refractivity contribution in [1.82, 2.24) is 14.9 Å². The lowest BCUT2D eigenvalue weighted by molar-refractivity contribution is -0.128. The molecule has 5 nitrogen and oxygen atoms in total. The molecule has 0 aliphatic carbocycles. The fourth-order valence-corrected chi connectivity index (χ4v) is 2.76. The molecule has 1 aliphatic heterocycles. The van der Waals surface area contributed by atoms with Crippen LogP contribution in [0.5, 0.6) is 0 Å². The first-order valence-electron chi connectivity index (χ1n) is 7.82. The van der Waals surface area contributed by atoms with E-state index in [1.807, 2.05) is 30.5 Å². The zero-order valence-corrected chi connectivity index (χ0v) is 13.4. The molecule has 1 saturated heterocycles. The van der Waals surface area contributed by atoms with Gasteiger partial charge in [0.05, 0.1) is 12.0 Å². The topological polar surface area (TPSA) is 59.0 Å². The van der Waals surface area contributed by atoms with Crippen molar-refractivity contribution in [1.29, 1.82) is 0 Å². The van der Waals surface area contributed by atoms with Gasteiger partial charge in [-0.15, -0.1) is 0 Å². The van der Waals surface area contributed by atoms with Gasteiger partial charge in [0.15, 0.2) is 5.67 Å². The summed E-state index contributed by atoms with van der Waals surface area (Å²) >= 11 is 0. The number of carbonyl (C=O) groups is 1. The van der Waals surface area contributed by atoms with E-state index in [1.165, 1.54) is 0 Å². The third kappa shape index (κ3) is 3.12. The Morgan fingerprint density at radius 3 is 2.48 bits per heavy atom. The largest absolute Gasteiger partial charge is 0.323 e. The lowest BCUT2D eigenvalue weighted by Crippen LogP contribution is -2.47. The number of nitrogens with zero attached hydrogens (tertiary/aromatic N) is 2. The van der Waals surface area contributed by atoms with Crippen molar-refractivity contribution in [2.24, 2.45) is 0 Å². The Morgan fingerprint density at radius 2 is 1.91 bits per heavy atom. The molecule has 122 valence electrons. The maximum Gasteiger partial charge on any atom is 0.262 e. The molecule has 2 heterocycles.